The van der Waals surface area contributed by atoms with Crippen LogP contribution in [0, 0.1) is 0 Å². The number of rotatable bonds is 8. The summed E-state index contributed by atoms with van der Waals surface area (Å²) in [5, 5.41) is 3.90. The first-order valence-corrected chi connectivity index (χ1v) is 8.83. The van der Waals surface area contributed by atoms with Crippen molar-refractivity contribution in [2.75, 3.05) is 12.9 Å². The van der Waals surface area contributed by atoms with Gasteiger partial charge < -0.3 is 9.26 Å². The number of aromatic nitrogens is 1. The van der Waals surface area contributed by atoms with E-state index in [4.69, 9.17) is 9.26 Å². The average molecular weight is 325 g/mol. The van der Waals surface area contributed by atoms with E-state index in [1.54, 1.807) is 6.07 Å². The van der Waals surface area contributed by atoms with E-state index in [-0.39, 0.29) is 6.61 Å². The highest BCUT2D eigenvalue weighted by atomic mass is 32.2. The molecule has 0 bridgehead atoms. The first-order valence-electron chi connectivity index (χ1n) is 7.01. The zero-order valence-electron chi connectivity index (χ0n) is 12.6. The van der Waals surface area contributed by atoms with E-state index in [1.165, 1.54) is 0 Å². The Hall–Kier alpha value is -1.86. The largest absolute Gasteiger partial charge is 0.494 e. The molecule has 0 aliphatic carbocycles. The molecule has 6 nitrogen and oxygen atoms in total. The van der Waals surface area contributed by atoms with Crippen LogP contribution in [-0.4, -0.2) is 26.4 Å². The van der Waals surface area contributed by atoms with Crippen molar-refractivity contribution < 1.29 is 21.9 Å². The average Bonchev–Trinajstić information content (AvgIpc) is 2.94. The predicted octanol–water partition coefficient (Wildman–Crippen LogP) is 3.00. The molecule has 0 spiro atoms. The lowest BCUT2D eigenvalue weighted by molar-refractivity contribution is 0.256. The summed E-state index contributed by atoms with van der Waals surface area (Å²) in [6.45, 7) is 2.65. The van der Waals surface area contributed by atoms with E-state index in [0.717, 1.165) is 30.4 Å². The molecule has 0 amide bonds. The van der Waals surface area contributed by atoms with Crippen LogP contribution in [0.4, 0.5) is 0 Å². The van der Waals surface area contributed by atoms with Crippen LogP contribution >= 0.6 is 0 Å². The molecule has 7 heteroatoms. The highest BCUT2D eigenvalue weighted by molar-refractivity contribution is 7.85. The SMILES string of the molecule is CCCCOc1ccc(-c2cc(COS(C)(=O)=O)on2)cc1. The van der Waals surface area contributed by atoms with Crippen molar-refractivity contribution in [1.82, 2.24) is 5.16 Å². The smallest absolute Gasteiger partial charge is 0.264 e. The van der Waals surface area contributed by atoms with Crippen LogP contribution in [0.3, 0.4) is 0 Å². The van der Waals surface area contributed by atoms with Gasteiger partial charge in [0.15, 0.2) is 5.76 Å². The topological polar surface area (TPSA) is 78.6 Å². The Kier molecular flexibility index (Phi) is 5.57. The molecular formula is C15H19NO5S. The summed E-state index contributed by atoms with van der Waals surface area (Å²) in [7, 11) is -3.50. The first-order chi connectivity index (χ1) is 10.5. The standard InChI is InChI=1S/C15H19NO5S/c1-3-4-9-19-13-7-5-12(6-8-13)15-10-14(21-16-15)11-20-22(2,17)18/h5-8,10H,3-4,9,11H2,1-2H3. The van der Waals surface area contributed by atoms with Crippen LogP contribution in [-0.2, 0) is 20.9 Å². The van der Waals surface area contributed by atoms with Gasteiger partial charge in [-0.15, -0.1) is 0 Å². The van der Waals surface area contributed by atoms with Crippen molar-refractivity contribution in [2.24, 2.45) is 0 Å². The minimum atomic E-state index is -3.50. The van der Waals surface area contributed by atoms with Crippen molar-refractivity contribution in [2.45, 2.75) is 26.4 Å². The lowest BCUT2D eigenvalue weighted by Gasteiger charge is -2.05. The molecule has 1 heterocycles. The Balaban J connectivity index is 1.98. The fourth-order valence-corrected chi connectivity index (χ4v) is 2.07. The molecule has 22 heavy (non-hydrogen) atoms. The van der Waals surface area contributed by atoms with Gasteiger partial charge in [-0.1, -0.05) is 18.5 Å². The second-order valence-electron chi connectivity index (χ2n) is 4.87. The van der Waals surface area contributed by atoms with E-state index < -0.39 is 10.1 Å². The summed E-state index contributed by atoms with van der Waals surface area (Å²) in [5.41, 5.74) is 1.48. The number of nitrogens with zero attached hydrogens (tertiary/aromatic N) is 1. The molecule has 2 aromatic rings. The van der Waals surface area contributed by atoms with E-state index in [9.17, 15) is 8.42 Å². The third-order valence-corrected chi connectivity index (χ3v) is 3.44. The van der Waals surface area contributed by atoms with Gasteiger partial charge in [-0.2, -0.15) is 8.42 Å². The minimum Gasteiger partial charge on any atom is -0.494 e. The summed E-state index contributed by atoms with van der Waals surface area (Å²) in [4.78, 5) is 0. The van der Waals surface area contributed by atoms with Gasteiger partial charge in [0.05, 0.1) is 12.9 Å². The van der Waals surface area contributed by atoms with Crippen LogP contribution in [0.5, 0.6) is 5.75 Å². The molecule has 0 aliphatic rings. The number of ether oxygens (including phenoxy) is 1. The van der Waals surface area contributed by atoms with Crippen LogP contribution < -0.4 is 4.74 Å². The normalized spacial score (nSPS) is 11.5. The van der Waals surface area contributed by atoms with Gasteiger partial charge in [-0.3, -0.25) is 4.18 Å². The van der Waals surface area contributed by atoms with Crippen LogP contribution in [0.15, 0.2) is 34.9 Å². The van der Waals surface area contributed by atoms with Crippen molar-refractivity contribution in [3.8, 4) is 17.0 Å². The zero-order valence-corrected chi connectivity index (χ0v) is 13.4. The zero-order chi connectivity index (χ0) is 16.0. The van der Waals surface area contributed by atoms with E-state index in [0.29, 0.717) is 18.1 Å². The molecule has 0 unspecified atom stereocenters. The molecule has 1 aromatic carbocycles. The highest BCUT2D eigenvalue weighted by Crippen LogP contribution is 2.22. The van der Waals surface area contributed by atoms with Gasteiger partial charge in [0.25, 0.3) is 10.1 Å². The monoisotopic (exact) mass is 325 g/mol. The maximum absolute atomic E-state index is 10.9. The molecule has 2 rings (SSSR count). The van der Waals surface area contributed by atoms with Crippen molar-refractivity contribution in [1.29, 1.82) is 0 Å². The van der Waals surface area contributed by atoms with E-state index in [2.05, 4.69) is 16.3 Å². The van der Waals surface area contributed by atoms with Gasteiger partial charge in [-0.25, -0.2) is 0 Å². The van der Waals surface area contributed by atoms with Crippen LogP contribution in [0.2, 0.25) is 0 Å². The van der Waals surface area contributed by atoms with E-state index >= 15 is 0 Å². The predicted molar refractivity (Wildman–Crippen MR) is 82.0 cm³/mol. The summed E-state index contributed by atoms with van der Waals surface area (Å²) in [5.74, 6) is 1.16. The Morgan fingerprint density at radius 2 is 1.95 bits per heavy atom. The Morgan fingerprint density at radius 1 is 1.23 bits per heavy atom. The number of unbranched alkanes of at least 4 members (excludes halogenated alkanes) is 1. The molecule has 0 aliphatic heterocycles. The number of hydrogen-bond donors (Lipinski definition) is 0. The lowest BCUT2D eigenvalue weighted by Crippen LogP contribution is -2.01. The Morgan fingerprint density at radius 3 is 2.59 bits per heavy atom. The maximum Gasteiger partial charge on any atom is 0.264 e. The van der Waals surface area contributed by atoms with Gasteiger partial charge >= 0.3 is 0 Å². The minimum absolute atomic E-state index is 0.163. The Labute approximate surface area is 130 Å². The first kappa shape index (κ1) is 16.5. The molecule has 0 saturated heterocycles. The molecule has 0 fully saturated rings. The summed E-state index contributed by atoms with van der Waals surface area (Å²) >= 11 is 0. The van der Waals surface area contributed by atoms with Gasteiger partial charge in [-0.05, 0) is 30.7 Å². The fraction of sp³-hybridized carbons (Fsp3) is 0.400. The van der Waals surface area contributed by atoms with Gasteiger partial charge in [0.2, 0.25) is 0 Å². The van der Waals surface area contributed by atoms with Crippen molar-refractivity contribution >= 4 is 10.1 Å². The highest BCUT2D eigenvalue weighted by Gasteiger charge is 2.10. The van der Waals surface area contributed by atoms with Crippen molar-refractivity contribution in [3.05, 3.63) is 36.1 Å². The summed E-state index contributed by atoms with van der Waals surface area (Å²) in [6, 6.07) is 9.14. The van der Waals surface area contributed by atoms with E-state index in [1.807, 2.05) is 24.3 Å². The molecule has 0 saturated carbocycles. The Bertz CT molecular complexity index is 691. The maximum atomic E-state index is 10.9. The lowest BCUT2D eigenvalue weighted by atomic mass is 10.1. The van der Waals surface area contributed by atoms with Crippen molar-refractivity contribution in [3.63, 3.8) is 0 Å². The quantitative estimate of drug-likeness (QED) is 0.548. The molecule has 120 valence electrons. The van der Waals surface area contributed by atoms with Gasteiger partial charge in [0.1, 0.15) is 18.1 Å². The fourth-order valence-electron chi connectivity index (χ4n) is 1.74. The second kappa shape index (κ2) is 7.42. The number of benzene rings is 1. The summed E-state index contributed by atoms with van der Waals surface area (Å²) in [6.07, 6.45) is 3.10. The van der Waals surface area contributed by atoms with Crippen LogP contribution in [0.25, 0.3) is 11.3 Å². The molecule has 1 aromatic heterocycles. The molecule has 0 radical (unpaired) electrons. The molecule has 0 N–H and O–H groups in total. The third-order valence-electron chi connectivity index (χ3n) is 2.89. The molecular weight excluding hydrogens is 306 g/mol. The van der Waals surface area contributed by atoms with Gasteiger partial charge in [0, 0.05) is 11.6 Å². The van der Waals surface area contributed by atoms with Crippen LogP contribution in [0.1, 0.15) is 25.5 Å². The second-order valence-corrected chi connectivity index (χ2v) is 6.52. The third kappa shape index (κ3) is 5.16. The number of hydrogen-bond acceptors (Lipinski definition) is 6. The molecule has 0 atom stereocenters. The summed E-state index contributed by atoms with van der Waals surface area (Å²) < 4.78 is 37.2.